The van der Waals surface area contributed by atoms with Crippen molar-refractivity contribution in [2.75, 3.05) is 13.7 Å². The number of carbonyl (C=O) groups excluding carboxylic acids is 4. The van der Waals surface area contributed by atoms with Gasteiger partial charge in [-0.3, -0.25) is 19.2 Å². The lowest BCUT2D eigenvalue weighted by Crippen LogP contribution is -2.42. The number of aromatic hydroxyl groups is 2. The maximum atomic E-state index is 13.8. The third-order valence-electron chi connectivity index (χ3n) is 6.92. The summed E-state index contributed by atoms with van der Waals surface area (Å²) in [6, 6.07) is 7.20. The van der Waals surface area contributed by atoms with Crippen LogP contribution in [0, 0.1) is 6.92 Å². The predicted octanol–water partition coefficient (Wildman–Crippen LogP) is 2.48. The van der Waals surface area contributed by atoms with Crippen LogP contribution >= 0.6 is 0 Å². The third kappa shape index (κ3) is 4.17. The summed E-state index contributed by atoms with van der Waals surface area (Å²) in [5, 5.41) is 26.9. The number of fused-ring (bicyclic) bond motifs is 3. The van der Waals surface area contributed by atoms with E-state index in [9.17, 15) is 29.4 Å². The van der Waals surface area contributed by atoms with E-state index >= 15 is 0 Å². The summed E-state index contributed by atoms with van der Waals surface area (Å²) >= 11 is 0. The maximum Gasteiger partial charge on any atom is 0.239 e. The van der Waals surface area contributed by atoms with Crippen molar-refractivity contribution in [2.24, 2.45) is 0 Å². The van der Waals surface area contributed by atoms with Crippen molar-refractivity contribution in [3.63, 3.8) is 0 Å². The Hall–Kier alpha value is -4.60. The smallest absolute Gasteiger partial charge is 0.239 e. The number of methoxy groups -OCH3 is 1. The fraction of sp³-hybridized carbons (Fsp3) is 0.286. The topological polar surface area (TPSA) is 151 Å². The van der Waals surface area contributed by atoms with Crippen LogP contribution in [-0.4, -0.2) is 47.1 Å². The second-order valence-electron chi connectivity index (χ2n) is 9.36. The van der Waals surface area contributed by atoms with Gasteiger partial charge in [0.25, 0.3) is 0 Å². The Bertz CT molecular complexity index is 1450. The average molecular weight is 521 g/mol. The minimum absolute atomic E-state index is 0.00397. The minimum Gasteiger partial charge on any atom is -0.507 e. The van der Waals surface area contributed by atoms with Crippen LogP contribution in [0.15, 0.2) is 47.4 Å². The minimum atomic E-state index is -1.62. The summed E-state index contributed by atoms with van der Waals surface area (Å²) in [7, 11) is 1.56. The number of phenols is 2. The summed E-state index contributed by atoms with van der Waals surface area (Å²) in [5.41, 5.74) is -0.950. The molecule has 0 spiro atoms. The summed E-state index contributed by atoms with van der Waals surface area (Å²) in [5.74, 6) is -2.58. The van der Waals surface area contributed by atoms with Crippen molar-refractivity contribution in [3.8, 4) is 23.0 Å². The van der Waals surface area contributed by atoms with Crippen molar-refractivity contribution >= 4 is 23.3 Å². The number of amides is 1. The largest absolute Gasteiger partial charge is 0.507 e. The van der Waals surface area contributed by atoms with E-state index in [0.29, 0.717) is 5.75 Å². The van der Waals surface area contributed by atoms with E-state index in [0.717, 1.165) is 11.6 Å². The summed E-state index contributed by atoms with van der Waals surface area (Å²) in [6.07, 6.45) is 1.13. The van der Waals surface area contributed by atoms with E-state index in [-0.39, 0.29) is 58.5 Å². The van der Waals surface area contributed by atoms with Crippen molar-refractivity contribution in [2.45, 2.75) is 39.7 Å². The lowest BCUT2D eigenvalue weighted by Gasteiger charge is -2.29. The van der Waals surface area contributed by atoms with Gasteiger partial charge in [0.15, 0.2) is 17.3 Å². The Labute approximate surface area is 218 Å². The molecule has 38 heavy (non-hydrogen) atoms. The van der Waals surface area contributed by atoms with Gasteiger partial charge in [0.05, 0.1) is 24.8 Å². The van der Waals surface area contributed by atoms with Gasteiger partial charge in [0, 0.05) is 23.9 Å². The zero-order valence-electron chi connectivity index (χ0n) is 21.6. The summed E-state index contributed by atoms with van der Waals surface area (Å²) in [6.45, 7) is 5.70. The van der Waals surface area contributed by atoms with Gasteiger partial charge in [-0.05, 0) is 45.4 Å². The summed E-state index contributed by atoms with van der Waals surface area (Å²) in [4.78, 5) is 51.4. The Balaban J connectivity index is 1.59. The first-order chi connectivity index (χ1) is 17.9. The number of ketones is 3. The van der Waals surface area contributed by atoms with Crippen molar-refractivity contribution in [1.29, 1.82) is 0 Å². The second-order valence-corrected chi connectivity index (χ2v) is 9.36. The van der Waals surface area contributed by atoms with Gasteiger partial charge in [0.2, 0.25) is 5.91 Å². The van der Waals surface area contributed by atoms with E-state index in [4.69, 9.17) is 9.47 Å². The van der Waals surface area contributed by atoms with Crippen LogP contribution in [0.5, 0.6) is 23.0 Å². The first-order valence-corrected chi connectivity index (χ1v) is 11.8. The number of hydrogen-bond donors (Lipinski definition) is 4. The van der Waals surface area contributed by atoms with Crippen LogP contribution in [0.2, 0.25) is 0 Å². The number of ether oxygens (including phenoxy) is 2. The lowest BCUT2D eigenvalue weighted by molar-refractivity contribution is -0.124. The molecule has 1 atom stereocenters. The molecule has 4 N–H and O–H groups in total. The molecule has 0 radical (unpaired) electrons. The highest BCUT2D eigenvalue weighted by molar-refractivity contribution is 6.31. The van der Waals surface area contributed by atoms with E-state index in [1.165, 1.54) is 27.7 Å². The number of carbonyl (C=O) groups is 4. The van der Waals surface area contributed by atoms with Gasteiger partial charge in [-0.1, -0.05) is 12.1 Å². The zero-order chi connectivity index (χ0) is 27.9. The van der Waals surface area contributed by atoms with Crippen LogP contribution in [0.3, 0.4) is 0 Å². The molecule has 1 aliphatic heterocycles. The SMILES string of the molecule is COc1ccc(CNC(=O)CN/C(C)=C2\C(=O)C=C3Oc4c(C(C)=O)c(O)c(C)c(O)c4[C@]3(C)C2=O)cc1. The fourth-order valence-electron chi connectivity index (χ4n) is 4.67. The molecule has 0 saturated carbocycles. The van der Waals surface area contributed by atoms with E-state index in [1.54, 1.807) is 19.2 Å². The van der Waals surface area contributed by atoms with E-state index in [1.807, 2.05) is 12.1 Å². The molecule has 1 aliphatic carbocycles. The average Bonchev–Trinajstić information content (AvgIpc) is 3.17. The van der Waals surface area contributed by atoms with Crippen molar-refractivity contribution in [3.05, 3.63) is 69.6 Å². The molecule has 1 amide bonds. The number of hydrogen-bond acceptors (Lipinski definition) is 9. The highest BCUT2D eigenvalue weighted by Crippen LogP contribution is 2.57. The molecule has 0 fully saturated rings. The van der Waals surface area contributed by atoms with Crippen LogP contribution in [0.4, 0.5) is 0 Å². The zero-order valence-corrected chi connectivity index (χ0v) is 21.6. The molecule has 1 heterocycles. The van der Waals surface area contributed by atoms with Crippen LogP contribution in [0.25, 0.3) is 0 Å². The lowest BCUT2D eigenvalue weighted by atomic mass is 9.70. The van der Waals surface area contributed by atoms with Crippen LogP contribution in [-0.2, 0) is 26.3 Å². The van der Waals surface area contributed by atoms with Gasteiger partial charge < -0.3 is 30.3 Å². The number of rotatable bonds is 7. The molecule has 2 aromatic rings. The molecule has 2 aromatic carbocycles. The van der Waals surface area contributed by atoms with Gasteiger partial charge in [-0.2, -0.15) is 0 Å². The maximum absolute atomic E-state index is 13.8. The first kappa shape index (κ1) is 26.5. The Morgan fingerprint density at radius 1 is 1.05 bits per heavy atom. The van der Waals surface area contributed by atoms with E-state index in [2.05, 4.69) is 10.6 Å². The second kappa shape index (κ2) is 9.70. The highest BCUT2D eigenvalue weighted by atomic mass is 16.5. The van der Waals surface area contributed by atoms with Gasteiger partial charge >= 0.3 is 0 Å². The highest BCUT2D eigenvalue weighted by Gasteiger charge is 2.56. The molecule has 0 bridgehead atoms. The third-order valence-corrected chi connectivity index (χ3v) is 6.92. The van der Waals surface area contributed by atoms with Gasteiger partial charge in [0.1, 0.15) is 39.7 Å². The fourth-order valence-corrected chi connectivity index (χ4v) is 4.67. The normalized spacial score (nSPS) is 19.1. The van der Waals surface area contributed by atoms with E-state index < -0.39 is 34.3 Å². The van der Waals surface area contributed by atoms with Crippen LogP contribution in [0.1, 0.15) is 47.8 Å². The monoisotopic (exact) mass is 520 g/mol. The number of phenolic OH excluding ortho intramolecular Hbond substituents is 2. The molecule has 10 heteroatoms. The van der Waals surface area contributed by atoms with Crippen molar-refractivity contribution in [1.82, 2.24) is 10.6 Å². The number of Topliss-reactive ketones (excluding diaryl/α,β-unsaturated/α-hetero) is 2. The standard InChI is InChI=1S/C28H28N2O8/c1-13-24(34)22(15(3)31)26-23(25(13)35)28(4)19(38-26)10-18(32)21(27(28)36)14(2)29-12-20(33)30-11-16-6-8-17(37-5)9-7-16/h6-10,29,34-35H,11-12H2,1-5H3,(H,30,33)/b21-14+/t28-/m1/s1. The first-order valence-electron chi connectivity index (χ1n) is 11.8. The number of nitrogens with one attached hydrogen (secondary N) is 2. The molecule has 10 nitrogen and oxygen atoms in total. The molecule has 0 saturated heterocycles. The molecule has 0 unspecified atom stereocenters. The number of allylic oxidation sites excluding steroid dienone is 4. The molecule has 198 valence electrons. The molecule has 2 aliphatic rings. The van der Waals surface area contributed by atoms with Crippen LogP contribution < -0.4 is 20.1 Å². The number of benzene rings is 2. The molecule has 0 aromatic heterocycles. The van der Waals surface area contributed by atoms with Gasteiger partial charge in [-0.15, -0.1) is 0 Å². The molecule has 4 rings (SSSR count). The van der Waals surface area contributed by atoms with Gasteiger partial charge in [-0.25, -0.2) is 0 Å². The molecular formula is C28H28N2O8. The Kier molecular flexibility index (Phi) is 6.75. The summed E-state index contributed by atoms with van der Waals surface area (Å²) < 4.78 is 10.9. The molecular weight excluding hydrogens is 492 g/mol. The van der Waals surface area contributed by atoms with Crippen molar-refractivity contribution < 1.29 is 38.9 Å². The quantitative estimate of drug-likeness (QED) is 0.245. The Morgan fingerprint density at radius 2 is 1.71 bits per heavy atom. The predicted molar refractivity (Wildman–Crippen MR) is 136 cm³/mol. The Morgan fingerprint density at radius 3 is 2.32 bits per heavy atom.